The number of likely N-dealkylation sites (tertiary alicyclic amines) is 1. The van der Waals surface area contributed by atoms with Crippen molar-refractivity contribution in [1.82, 2.24) is 9.88 Å². The quantitative estimate of drug-likeness (QED) is 0.829. The zero-order chi connectivity index (χ0) is 20.7. The van der Waals surface area contributed by atoms with Gasteiger partial charge in [0.05, 0.1) is 11.6 Å². The molecule has 3 N–H and O–H groups in total. The van der Waals surface area contributed by atoms with Gasteiger partial charge in [-0.25, -0.2) is 14.6 Å². The van der Waals surface area contributed by atoms with Crippen molar-refractivity contribution < 1.29 is 14.7 Å². The summed E-state index contributed by atoms with van der Waals surface area (Å²) in [7, 11) is 0. The fourth-order valence-electron chi connectivity index (χ4n) is 4.07. The standard InChI is InChI=1S/C21H19N5O3/c1-12-16(9-13-4-6-24-18(23)10-13)19(20(27)28)26(12)21(29)25-7-5-15-8-14(11-22)2-3-17(15)25/h2-4,6,8,10,16,19H,1,5,7,9H2,(H2,23,24)(H,27,28)/t16-,19-/m0/s1. The van der Waals surface area contributed by atoms with Crippen molar-refractivity contribution in [3.05, 3.63) is 65.5 Å². The van der Waals surface area contributed by atoms with Crippen LogP contribution < -0.4 is 10.6 Å². The number of rotatable bonds is 3. The number of hydrogen-bond donors (Lipinski definition) is 2. The van der Waals surface area contributed by atoms with E-state index < -0.39 is 24.0 Å². The average molecular weight is 389 g/mol. The summed E-state index contributed by atoms with van der Waals surface area (Å²) >= 11 is 0. The van der Waals surface area contributed by atoms with Crippen LogP contribution in [0.15, 0.2) is 48.8 Å². The van der Waals surface area contributed by atoms with Gasteiger partial charge in [0.2, 0.25) is 0 Å². The number of nitrogens with zero attached hydrogens (tertiary/aromatic N) is 4. The number of fused-ring (bicyclic) bond motifs is 1. The van der Waals surface area contributed by atoms with Crippen LogP contribution in [0.1, 0.15) is 16.7 Å². The zero-order valence-corrected chi connectivity index (χ0v) is 15.6. The lowest BCUT2D eigenvalue weighted by molar-refractivity contribution is -0.146. The number of nitriles is 1. The molecule has 0 bridgehead atoms. The molecule has 2 aromatic rings. The van der Waals surface area contributed by atoms with Gasteiger partial charge in [-0.3, -0.25) is 9.80 Å². The summed E-state index contributed by atoms with van der Waals surface area (Å²) in [5.41, 5.74) is 9.16. The van der Waals surface area contributed by atoms with Crippen molar-refractivity contribution in [3.8, 4) is 6.07 Å². The van der Waals surface area contributed by atoms with Gasteiger partial charge in [0.25, 0.3) is 0 Å². The molecule has 1 aromatic carbocycles. The maximum absolute atomic E-state index is 13.2. The SMILES string of the molecule is C=C1[C@H](Cc2ccnc(N)c2)[C@@H](C(=O)O)N1C(=O)N1CCc2cc(C#N)ccc21. The molecule has 1 saturated heterocycles. The molecule has 0 aliphatic carbocycles. The Morgan fingerprint density at radius 3 is 2.83 bits per heavy atom. The number of carboxylic acids is 1. The molecule has 2 atom stereocenters. The molecule has 1 aromatic heterocycles. The number of benzene rings is 1. The molecular weight excluding hydrogens is 370 g/mol. The van der Waals surface area contributed by atoms with Crippen LogP contribution in [0.2, 0.25) is 0 Å². The fraction of sp³-hybridized carbons (Fsp3) is 0.238. The van der Waals surface area contributed by atoms with Crippen LogP contribution in [-0.2, 0) is 17.6 Å². The number of carbonyl (C=O) groups is 2. The molecule has 146 valence electrons. The van der Waals surface area contributed by atoms with Crippen molar-refractivity contribution in [2.24, 2.45) is 5.92 Å². The van der Waals surface area contributed by atoms with Gasteiger partial charge in [-0.1, -0.05) is 6.58 Å². The van der Waals surface area contributed by atoms with Crippen molar-refractivity contribution in [1.29, 1.82) is 5.26 Å². The van der Waals surface area contributed by atoms with E-state index in [0.29, 0.717) is 42.2 Å². The Balaban J connectivity index is 1.56. The van der Waals surface area contributed by atoms with Crippen LogP contribution in [-0.4, -0.2) is 39.6 Å². The minimum atomic E-state index is -1.07. The molecule has 0 saturated carbocycles. The number of aromatic nitrogens is 1. The third-order valence-corrected chi connectivity index (χ3v) is 5.49. The van der Waals surface area contributed by atoms with E-state index in [9.17, 15) is 14.7 Å². The first kappa shape index (κ1) is 18.5. The predicted octanol–water partition coefficient (Wildman–Crippen LogP) is 2.16. The largest absolute Gasteiger partial charge is 0.480 e. The lowest BCUT2D eigenvalue weighted by atomic mass is 9.80. The molecule has 0 unspecified atom stereocenters. The lowest BCUT2D eigenvalue weighted by Crippen LogP contribution is -2.63. The third kappa shape index (κ3) is 3.06. The van der Waals surface area contributed by atoms with E-state index in [1.807, 2.05) is 0 Å². The number of anilines is 2. The Morgan fingerprint density at radius 1 is 1.34 bits per heavy atom. The zero-order valence-electron chi connectivity index (χ0n) is 15.6. The first-order chi connectivity index (χ1) is 13.9. The average Bonchev–Trinajstić information content (AvgIpc) is 3.12. The summed E-state index contributed by atoms with van der Waals surface area (Å²) in [5.74, 6) is -1.11. The van der Waals surface area contributed by atoms with Gasteiger partial charge < -0.3 is 10.8 Å². The molecule has 0 radical (unpaired) electrons. The van der Waals surface area contributed by atoms with Gasteiger partial charge in [0.15, 0.2) is 0 Å². The summed E-state index contributed by atoms with van der Waals surface area (Å²) < 4.78 is 0. The van der Waals surface area contributed by atoms with E-state index in [4.69, 9.17) is 11.0 Å². The van der Waals surface area contributed by atoms with E-state index in [1.165, 1.54) is 4.90 Å². The van der Waals surface area contributed by atoms with Gasteiger partial charge in [-0.05, 0) is 54.3 Å². The van der Waals surface area contributed by atoms with E-state index in [0.717, 1.165) is 11.1 Å². The van der Waals surface area contributed by atoms with E-state index in [1.54, 1.807) is 41.4 Å². The van der Waals surface area contributed by atoms with Crippen molar-refractivity contribution in [2.45, 2.75) is 18.9 Å². The summed E-state index contributed by atoms with van der Waals surface area (Å²) in [6.07, 6.45) is 2.60. The second-order valence-corrected chi connectivity index (χ2v) is 7.18. The number of carbonyl (C=O) groups excluding carboxylic acids is 1. The Labute approximate surface area is 167 Å². The van der Waals surface area contributed by atoms with Crippen LogP contribution in [0.4, 0.5) is 16.3 Å². The minimum Gasteiger partial charge on any atom is -0.480 e. The highest BCUT2D eigenvalue weighted by atomic mass is 16.4. The van der Waals surface area contributed by atoms with Gasteiger partial charge in [0, 0.05) is 30.0 Å². The molecule has 2 aliphatic rings. The molecular formula is C21H19N5O3. The Morgan fingerprint density at radius 2 is 2.14 bits per heavy atom. The second kappa shape index (κ2) is 6.95. The fourth-order valence-corrected chi connectivity index (χ4v) is 4.07. The number of nitrogens with two attached hydrogens (primary N) is 1. The second-order valence-electron chi connectivity index (χ2n) is 7.18. The first-order valence-corrected chi connectivity index (χ1v) is 9.16. The summed E-state index contributed by atoms with van der Waals surface area (Å²) in [5, 5.41) is 18.8. The maximum Gasteiger partial charge on any atom is 0.329 e. The van der Waals surface area contributed by atoms with E-state index in [-0.39, 0.29) is 0 Å². The Kier molecular flexibility index (Phi) is 4.43. The topological polar surface area (TPSA) is 124 Å². The molecule has 2 aliphatic heterocycles. The number of nitrogen functional groups attached to an aromatic ring is 1. The molecule has 2 amide bonds. The van der Waals surface area contributed by atoms with E-state index >= 15 is 0 Å². The predicted molar refractivity (Wildman–Crippen MR) is 106 cm³/mol. The van der Waals surface area contributed by atoms with Gasteiger partial charge in [-0.2, -0.15) is 5.26 Å². The number of pyridine rings is 1. The van der Waals surface area contributed by atoms with E-state index in [2.05, 4.69) is 17.6 Å². The Hall–Kier alpha value is -3.86. The van der Waals surface area contributed by atoms with Crippen LogP contribution in [0.3, 0.4) is 0 Å². The summed E-state index contributed by atoms with van der Waals surface area (Å²) in [4.78, 5) is 31.8. The number of aliphatic carboxylic acids is 1. The number of urea groups is 1. The molecule has 8 nitrogen and oxygen atoms in total. The normalized spacial score (nSPS) is 20.0. The molecule has 0 spiro atoms. The van der Waals surface area contributed by atoms with Crippen molar-refractivity contribution >= 4 is 23.5 Å². The van der Waals surface area contributed by atoms with Gasteiger partial charge in [-0.15, -0.1) is 0 Å². The Bertz CT molecular complexity index is 1070. The van der Waals surface area contributed by atoms with Gasteiger partial charge in [0.1, 0.15) is 11.9 Å². The maximum atomic E-state index is 13.2. The van der Waals surface area contributed by atoms with Crippen molar-refractivity contribution in [3.63, 3.8) is 0 Å². The third-order valence-electron chi connectivity index (χ3n) is 5.49. The molecule has 4 rings (SSSR count). The number of carboxylic acid groups (broad SMARTS) is 1. The lowest BCUT2D eigenvalue weighted by Gasteiger charge is -2.48. The summed E-state index contributed by atoms with van der Waals surface area (Å²) in [6, 6.07) is 9.30. The number of amides is 2. The highest BCUT2D eigenvalue weighted by Gasteiger charge is 2.51. The first-order valence-electron chi connectivity index (χ1n) is 9.16. The molecule has 1 fully saturated rings. The highest BCUT2D eigenvalue weighted by Crippen LogP contribution is 2.40. The molecule has 3 heterocycles. The van der Waals surface area contributed by atoms with Crippen molar-refractivity contribution in [2.75, 3.05) is 17.2 Å². The monoisotopic (exact) mass is 389 g/mol. The number of hydrogen-bond acceptors (Lipinski definition) is 5. The van der Waals surface area contributed by atoms with Crippen LogP contribution >= 0.6 is 0 Å². The molecule has 29 heavy (non-hydrogen) atoms. The van der Waals surface area contributed by atoms with Crippen LogP contribution in [0.25, 0.3) is 0 Å². The van der Waals surface area contributed by atoms with Crippen LogP contribution in [0, 0.1) is 17.2 Å². The smallest absolute Gasteiger partial charge is 0.329 e. The minimum absolute atomic E-state index is 0.359. The van der Waals surface area contributed by atoms with Crippen LogP contribution in [0.5, 0.6) is 0 Å². The van der Waals surface area contributed by atoms with Gasteiger partial charge >= 0.3 is 12.0 Å². The highest BCUT2D eigenvalue weighted by molar-refractivity contribution is 5.99. The summed E-state index contributed by atoms with van der Waals surface area (Å²) in [6.45, 7) is 4.41. The molecule has 8 heteroatoms.